The Morgan fingerprint density at radius 1 is 1.48 bits per heavy atom. The van der Waals surface area contributed by atoms with Gasteiger partial charge in [-0.15, -0.1) is 0 Å². The van der Waals surface area contributed by atoms with Crippen molar-refractivity contribution in [1.82, 2.24) is 5.23 Å². The molecule has 0 atom stereocenters. The largest absolute Gasteiger partial charge is 0.366 e. The number of anilines is 1. The quantitative estimate of drug-likeness (QED) is 0.498. The summed E-state index contributed by atoms with van der Waals surface area (Å²) in [7, 11) is 1.94. The van der Waals surface area contributed by atoms with Gasteiger partial charge < -0.3 is 10.1 Å². The molecule has 0 spiro atoms. The summed E-state index contributed by atoms with van der Waals surface area (Å²) in [6, 6.07) is 2.51. The van der Waals surface area contributed by atoms with Crippen LogP contribution in [-0.2, 0) is 0 Å². The maximum atomic E-state index is 13.5. The number of halogens is 2. The molecule has 0 bridgehead atoms. The predicted octanol–water partition coefficient (Wildman–Crippen LogP) is 2.24. The van der Waals surface area contributed by atoms with Crippen LogP contribution in [-0.4, -0.2) is 32.5 Å². The molecule has 8 heteroatoms. The Bertz CT molecular complexity index is 524. The molecular formula is C13H18BBrFN3O2. The van der Waals surface area contributed by atoms with Crippen LogP contribution < -0.4 is 10.1 Å². The normalized spacial score (nSPS) is 16.2. The highest BCUT2D eigenvalue weighted by Gasteiger charge is 2.26. The second kappa shape index (κ2) is 7.22. The smallest absolute Gasteiger partial charge is 0.295 e. The van der Waals surface area contributed by atoms with E-state index in [2.05, 4.69) is 21.2 Å². The molecule has 0 saturated carbocycles. The molecule has 0 radical (unpaired) electrons. The molecule has 1 heterocycles. The zero-order valence-corrected chi connectivity index (χ0v) is 13.5. The van der Waals surface area contributed by atoms with Crippen LogP contribution in [0.15, 0.2) is 16.6 Å². The molecule has 0 unspecified atom stereocenters. The van der Waals surface area contributed by atoms with E-state index in [1.54, 1.807) is 0 Å². The first kappa shape index (κ1) is 16.2. The molecule has 0 aliphatic carbocycles. The van der Waals surface area contributed by atoms with Gasteiger partial charge in [0.25, 0.3) is 5.69 Å². The molecule has 2 rings (SSSR count). The molecule has 21 heavy (non-hydrogen) atoms. The standard InChI is InChI=1S/C13H18BBrFN3O2/c14-17-4-1-9-2-5-18(6-3-9)12-7-10(15)11(16)8-13(12)19(20)21/h7-9,17H,1-6,14H2. The van der Waals surface area contributed by atoms with Crippen LogP contribution in [0.5, 0.6) is 0 Å². The molecule has 1 N–H and O–H groups in total. The van der Waals surface area contributed by atoms with E-state index in [-0.39, 0.29) is 10.2 Å². The van der Waals surface area contributed by atoms with Gasteiger partial charge in [-0.25, -0.2) is 4.39 Å². The van der Waals surface area contributed by atoms with E-state index in [0.717, 1.165) is 45.0 Å². The topological polar surface area (TPSA) is 58.4 Å². The summed E-state index contributed by atoms with van der Waals surface area (Å²) >= 11 is 3.11. The number of nitrogens with zero attached hydrogens (tertiary/aromatic N) is 2. The minimum absolute atomic E-state index is 0.163. The van der Waals surface area contributed by atoms with E-state index < -0.39 is 10.7 Å². The number of rotatable bonds is 5. The van der Waals surface area contributed by atoms with E-state index in [1.807, 2.05) is 12.9 Å². The van der Waals surface area contributed by atoms with Crippen LogP contribution in [0.1, 0.15) is 19.3 Å². The van der Waals surface area contributed by atoms with Crippen molar-refractivity contribution in [2.24, 2.45) is 5.92 Å². The number of benzene rings is 1. The zero-order valence-electron chi connectivity index (χ0n) is 11.9. The van der Waals surface area contributed by atoms with Crippen LogP contribution in [0, 0.1) is 21.8 Å². The first-order chi connectivity index (χ1) is 10.0. The van der Waals surface area contributed by atoms with Crippen molar-refractivity contribution in [3.63, 3.8) is 0 Å². The van der Waals surface area contributed by atoms with Crippen LogP contribution >= 0.6 is 15.9 Å². The van der Waals surface area contributed by atoms with Crippen molar-refractivity contribution in [2.75, 3.05) is 24.5 Å². The molecule has 1 aromatic rings. The molecule has 0 aromatic heterocycles. The van der Waals surface area contributed by atoms with E-state index in [9.17, 15) is 14.5 Å². The lowest BCUT2D eigenvalue weighted by Gasteiger charge is -2.33. The third kappa shape index (κ3) is 3.94. The van der Waals surface area contributed by atoms with Crippen LogP contribution in [0.4, 0.5) is 15.8 Å². The number of nitro groups is 1. The molecule has 1 aliphatic rings. The Kier molecular flexibility index (Phi) is 5.58. The average Bonchev–Trinajstić information content (AvgIpc) is 2.48. The second-order valence-corrected chi connectivity index (χ2v) is 6.19. The SMILES string of the molecule is BNCCC1CCN(c2cc(Br)c(F)cc2[N+](=O)[O-])CC1. The first-order valence-corrected chi connectivity index (χ1v) is 7.85. The highest BCUT2D eigenvalue weighted by molar-refractivity contribution is 9.10. The Hall–Kier alpha value is -1.15. The van der Waals surface area contributed by atoms with Crippen molar-refractivity contribution in [2.45, 2.75) is 19.3 Å². The van der Waals surface area contributed by atoms with Gasteiger partial charge in [-0.1, -0.05) is 0 Å². The molecule has 1 aromatic carbocycles. The molecule has 1 fully saturated rings. The fourth-order valence-corrected chi connectivity index (χ4v) is 3.07. The number of nitrogens with one attached hydrogen (secondary N) is 1. The van der Waals surface area contributed by atoms with Crippen molar-refractivity contribution >= 4 is 35.3 Å². The van der Waals surface area contributed by atoms with Gasteiger partial charge >= 0.3 is 0 Å². The van der Waals surface area contributed by atoms with Gasteiger partial charge in [0.1, 0.15) is 11.5 Å². The predicted molar refractivity (Wildman–Crippen MR) is 86.9 cm³/mol. The van der Waals surface area contributed by atoms with E-state index in [4.69, 9.17) is 0 Å². The summed E-state index contributed by atoms with van der Waals surface area (Å²) in [5.41, 5.74) is 0.338. The average molecular weight is 358 g/mol. The molecule has 1 saturated heterocycles. The van der Waals surface area contributed by atoms with E-state index in [0.29, 0.717) is 11.6 Å². The van der Waals surface area contributed by atoms with Gasteiger partial charge in [-0.05, 0) is 53.7 Å². The lowest BCUT2D eigenvalue weighted by Crippen LogP contribution is -2.35. The van der Waals surface area contributed by atoms with Gasteiger partial charge in [0, 0.05) is 13.1 Å². The molecule has 1 aliphatic heterocycles. The lowest BCUT2D eigenvalue weighted by atomic mass is 9.93. The third-order valence-electron chi connectivity index (χ3n) is 3.97. The Labute approximate surface area is 132 Å². The van der Waals surface area contributed by atoms with Gasteiger partial charge in [0.2, 0.25) is 0 Å². The summed E-state index contributed by atoms with van der Waals surface area (Å²) in [6.07, 6.45) is 3.14. The Morgan fingerprint density at radius 2 is 2.14 bits per heavy atom. The number of hydrogen-bond acceptors (Lipinski definition) is 4. The van der Waals surface area contributed by atoms with Crippen molar-refractivity contribution < 1.29 is 9.31 Å². The van der Waals surface area contributed by atoms with Crippen molar-refractivity contribution in [3.8, 4) is 0 Å². The number of piperidine rings is 1. The maximum absolute atomic E-state index is 13.5. The minimum Gasteiger partial charge on any atom is -0.366 e. The monoisotopic (exact) mass is 357 g/mol. The van der Waals surface area contributed by atoms with E-state index in [1.165, 1.54) is 6.07 Å². The maximum Gasteiger partial charge on any atom is 0.295 e. The summed E-state index contributed by atoms with van der Waals surface area (Å²) in [5, 5.41) is 14.3. The Morgan fingerprint density at radius 3 is 2.71 bits per heavy atom. The van der Waals surface area contributed by atoms with Crippen LogP contribution in [0.2, 0.25) is 0 Å². The van der Waals surface area contributed by atoms with Crippen LogP contribution in [0.25, 0.3) is 0 Å². The molecular weight excluding hydrogens is 340 g/mol. The molecule has 5 nitrogen and oxygen atoms in total. The van der Waals surface area contributed by atoms with Crippen LogP contribution in [0.3, 0.4) is 0 Å². The summed E-state index contributed by atoms with van der Waals surface area (Å²) < 4.78 is 13.8. The summed E-state index contributed by atoms with van der Waals surface area (Å²) in [5.74, 6) is 0.0472. The highest BCUT2D eigenvalue weighted by Crippen LogP contribution is 2.35. The number of hydrogen-bond donors (Lipinski definition) is 1. The second-order valence-electron chi connectivity index (χ2n) is 5.33. The lowest BCUT2D eigenvalue weighted by molar-refractivity contribution is -0.384. The fourth-order valence-electron chi connectivity index (χ4n) is 2.74. The number of nitro benzene ring substituents is 1. The molecule has 0 amide bonds. The minimum atomic E-state index is -0.602. The van der Waals surface area contributed by atoms with Gasteiger partial charge in [-0.2, -0.15) is 0 Å². The van der Waals surface area contributed by atoms with E-state index >= 15 is 0 Å². The first-order valence-electron chi connectivity index (χ1n) is 7.06. The van der Waals surface area contributed by atoms with Gasteiger partial charge in [0.15, 0.2) is 7.98 Å². The van der Waals surface area contributed by atoms with Crippen molar-refractivity contribution in [3.05, 3.63) is 32.5 Å². The fraction of sp³-hybridized carbons (Fsp3) is 0.538. The Balaban J connectivity index is 2.12. The summed E-state index contributed by atoms with van der Waals surface area (Å²) in [6.45, 7) is 2.54. The molecule has 114 valence electrons. The van der Waals surface area contributed by atoms with Gasteiger partial charge in [0.05, 0.1) is 15.5 Å². The highest BCUT2D eigenvalue weighted by atomic mass is 79.9. The zero-order chi connectivity index (χ0) is 15.4. The summed E-state index contributed by atoms with van der Waals surface area (Å²) in [4.78, 5) is 12.6. The van der Waals surface area contributed by atoms with Gasteiger partial charge in [-0.3, -0.25) is 10.1 Å². The third-order valence-corrected chi connectivity index (χ3v) is 4.58. The van der Waals surface area contributed by atoms with Crippen molar-refractivity contribution in [1.29, 1.82) is 0 Å².